The van der Waals surface area contributed by atoms with Crippen molar-refractivity contribution in [1.82, 2.24) is 18.7 Å². The van der Waals surface area contributed by atoms with Crippen LogP contribution >= 0.6 is 0 Å². The Bertz CT molecular complexity index is 1490. The summed E-state index contributed by atoms with van der Waals surface area (Å²) in [6, 6.07) is 5.76. The molecule has 5 rings (SSSR count). The third-order valence-corrected chi connectivity index (χ3v) is 7.38. The highest BCUT2D eigenvalue weighted by molar-refractivity contribution is 5.98. The van der Waals surface area contributed by atoms with Gasteiger partial charge in [0.05, 0.1) is 6.54 Å². The predicted molar refractivity (Wildman–Crippen MR) is 141 cm³/mol. The highest BCUT2D eigenvalue weighted by Crippen LogP contribution is 2.26. The van der Waals surface area contributed by atoms with E-state index in [0.29, 0.717) is 35.8 Å². The van der Waals surface area contributed by atoms with Gasteiger partial charge in [-0.2, -0.15) is 4.98 Å². The van der Waals surface area contributed by atoms with Crippen molar-refractivity contribution in [2.75, 3.05) is 18.0 Å². The monoisotopic (exact) mass is 490 g/mol. The van der Waals surface area contributed by atoms with E-state index in [1.54, 1.807) is 13.1 Å². The summed E-state index contributed by atoms with van der Waals surface area (Å²) < 4.78 is 4.31. The summed E-state index contributed by atoms with van der Waals surface area (Å²) in [4.78, 5) is 47.3. The quantitative estimate of drug-likeness (QED) is 0.419. The van der Waals surface area contributed by atoms with Crippen molar-refractivity contribution in [3.63, 3.8) is 0 Å². The number of nitrogens with zero attached hydrogens (tertiary/aromatic N) is 5. The van der Waals surface area contributed by atoms with E-state index in [1.165, 1.54) is 10.1 Å². The predicted octanol–water partition coefficient (Wildman–Crippen LogP) is 2.16. The number of ketones is 1. The molecule has 0 radical (unpaired) electrons. The van der Waals surface area contributed by atoms with Gasteiger partial charge < -0.3 is 15.2 Å². The summed E-state index contributed by atoms with van der Waals surface area (Å²) in [5, 5.41) is 0. The normalized spacial score (nSPS) is 17.4. The van der Waals surface area contributed by atoms with Crippen molar-refractivity contribution in [2.45, 2.75) is 65.1 Å². The average molecular weight is 491 g/mol. The zero-order chi connectivity index (χ0) is 25.6. The van der Waals surface area contributed by atoms with Gasteiger partial charge in [-0.05, 0) is 57.1 Å². The number of piperidine rings is 1. The molecular formula is C27H34N6O3. The number of nitrogens with two attached hydrogens (primary N) is 1. The largest absolute Gasteiger partial charge is 0.341 e. The second-order valence-electron chi connectivity index (χ2n) is 10.3. The fourth-order valence-electron chi connectivity index (χ4n) is 5.49. The Balaban J connectivity index is 1.64. The van der Waals surface area contributed by atoms with E-state index in [4.69, 9.17) is 10.7 Å². The molecule has 1 aliphatic heterocycles. The number of Topliss-reactive ketones (excluding diaryl/α,β-unsaturated/α-hetero) is 1. The minimum absolute atomic E-state index is 0.0289. The molecule has 1 aromatic carbocycles. The Morgan fingerprint density at radius 3 is 2.72 bits per heavy atom. The van der Waals surface area contributed by atoms with Crippen molar-refractivity contribution in [2.24, 2.45) is 12.8 Å². The number of aryl methyl sites for hydroxylation is 2. The molecule has 2 N–H and O–H groups in total. The number of anilines is 1. The minimum Gasteiger partial charge on any atom is -0.341 e. The second-order valence-corrected chi connectivity index (χ2v) is 10.3. The van der Waals surface area contributed by atoms with E-state index in [2.05, 4.69) is 4.90 Å². The highest BCUT2D eigenvalue weighted by atomic mass is 16.2. The van der Waals surface area contributed by atoms with Crippen LogP contribution in [-0.4, -0.2) is 43.6 Å². The zero-order valence-electron chi connectivity index (χ0n) is 21.3. The lowest BCUT2D eigenvalue weighted by Crippen LogP contribution is -2.44. The van der Waals surface area contributed by atoms with Crippen molar-refractivity contribution in [3.8, 4) is 0 Å². The van der Waals surface area contributed by atoms with E-state index in [-0.39, 0.29) is 18.4 Å². The lowest BCUT2D eigenvalue weighted by molar-refractivity contribution is 0.0968. The van der Waals surface area contributed by atoms with Gasteiger partial charge in [-0.1, -0.05) is 29.8 Å². The van der Waals surface area contributed by atoms with E-state index >= 15 is 0 Å². The molecule has 1 saturated heterocycles. The maximum absolute atomic E-state index is 13.8. The number of hydrogen-bond acceptors (Lipinski definition) is 6. The molecule has 2 aromatic heterocycles. The van der Waals surface area contributed by atoms with Gasteiger partial charge in [0, 0.05) is 38.3 Å². The third kappa shape index (κ3) is 4.21. The van der Waals surface area contributed by atoms with Crippen LogP contribution in [0.25, 0.3) is 11.2 Å². The molecule has 0 bridgehead atoms. The highest BCUT2D eigenvalue weighted by Gasteiger charge is 2.27. The van der Waals surface area contributed by atoms with Crippen LogP contribution in [0.15, 0.2) is 39.4 Å². The van der Waals surface area contributed by atoms with Crippen LogP contribution in [0.4, 0.5) is 5.95 Å². The third-order valence-electron chi connectivity index (χ3n) is 7.38. The first-order valence-corrected chi connectivity index (χ1v) is 12.7. The Morgan fingerprint density at radius 2 is 1.97 bits per heavy atom. The number of fused-ring (bicyclic) bond motifs is 2. The van der Waals surface area contributed by atoms with Crippen LogP contribution in [0.2, 0.25) is 0 Å². The van der Waals surface area contributed by atoms with Gasteiger partial charge >= 0.3 is 5.69 Å². The molecule has 1 aliphatic carbocycles. The molecule has 0 saturated carbocycles. The lowest BCUT2D eigenvalue weighted by atomic mass is 10.00. The van der Waals surface area contributed by atoms with Crippen LogP contribution in [0.5, 0.6) is 0 Å². The number of allylic oxidation sites excluding steroid dienone is 2. The average Bonchev–Trinajstić information content (AvgIpc) is 3.49. The number of aromatic nitrogens is 4. The summed E-state index contributed by atoms with van der Waals surface area (Å²) in [6.45, 7) is 5.56. The summed E-state index contributed by atoms with van der Waals surface area (Å²) in [7, 11) is 1.61. The number of benzene rings is 1. The van der Waals surface area contributed by atoms with Crippen molar-refractivity contribution >= 4 is 22.9 Å². The zero-order valence-corrected chi connectivity index (χ0v) is 21.3. The topological polar surface area (TPSA) is 108 Å². The number of carbonyl (C=O) groups excluding carboxylic acids is 1. The second kappa shape index (κ2) is 9.54. The van der Waals surface area contributed by atoms with Crippen LogP contribution in [-0.2, 0) is 33.0 Å². The molecule has 0 spiro atoms. The fourth-order valence-corrected chi connectivity index (χ4v) is 5.49. The number of hydrogen-bond donors (Lipinski definition) is 1. The van der Waals surface area contributed by atoms with Crippen LogP contribution in [0, 0.1) is 0 Å². The summed E-state index contributed by atoms with van der Waals surface area (Å²) in [5.41, 5.74) is 9.81. The Kier molecular flexibility index (Phi) is 6.42. The standard InChI is InChI=1S/C27H34N6O3/c1-17(2)12-14-32-23-24(29-26(32)31-13-6-9-19(28)15-31)30(3)27(36)33(25(23)35)16-22(34)21-11-5-8-18-7-4-10-20(18)21/h5,8,11-12,19H,4,6-7,9-10,13-16,28H2,1-3H3. The first-order valence-electron chi connectivity index (χ1n) is 12.7. The molecule has 2 aliphatic rings. The maximum atomic E-state index is 13.8. The van der Waals surface area contributed by atoms with E-state index in [9.17, 15) is 14.4 Å². The van der Waals surface area contributed by atoms with Gasteiger partial charge in [0.2, 0.25) is 5.95 Å². The fraction of sp³-hybridized carbons (Fsp3) is 0.481. The molecule has 9 nitrogen and oxygen atoms in total. The lowest BCUT2D eigenvalue weighted by Gasteiger charge is -2.31. The molecule has 0 amide bonds. The maximum Gasteiger partial charge on any atom is 0.332 e. The van der Waals surface area contributed by atoms with Crippen LogP contribution in [0.3, 0.4) is 0 Å². The van der Waals surface area contributed by atoms with Crippen LogP contribution in [0.1, 0.15) is 54.6 Å². The molecule has 3 aromatic rings. The first-order chi connectivity index (χ1) is 17.3. The van der Waals surface area contributed by atoms with Crippen molar-refractivity contribution in [1.29, 1.82) is 0 Å². The molecule has 1 fully saturated rings. The van der Waals surface area contributed by atoms with E-state index < -0.39 is 11.2 Å². The van der Waals surface area contributed by atoms with Crippen LogP contribution < -0.4 is 21.9 Å². The summed E-state index contributed by atoms with van der Waals surface area (Å²) in [5.74, 6) is 0.416. The molecular weight excluding hydrogens is 456 g/mol. The molecule has 1 unspecified atom stereocenters. The first kappa shape index (κ1) is 24.2. The summed E-state index contributed by atoms with van der Waals surface area (Å²) >= 11 is 0. The van der Waals surface area contributed by atoms with Crippen molar-refractivity contribution < 1.29 is 4.79 Å². The van der Waals surface area contributed by atoms with Gasteiger partial charge in [-0.3, -0.25) is 18.7 Å². The Morgan fingerprint density at radius 1 is 1.17 bits per heavy atom. The smallest absolute Gasteiger partial charge is 0.332 e. The number of imidazole rings is 1. The minimum atomic E-state index is -0.540. The number of carbonyl (C=O) groups is 1. The SMILES string of the molecule is CC(C)=CCn1c(N2CCCC(N)C2)nc2c1c(=O)n(CC(=O)c1cccc3c1CCC3)c(=O)n2C. The van der Waals surface area contributed by atoms with Gasteiger partial charge in [0.25, 0.3) is 5.56 Å². The van der Waals surface area contributed by atoms with Gasteiger partial charge in [-0.25, -0.2) is 4.79 Å². The molecule has 9 heteroatoms. The van der Waals surface area contributed by atoms with E-state index in [1.807, 2.05) is 36.6 Å². The van der Waals surface area contributed by atoms with Gasteiger partial charge in [0.15, 0.2) is 16.9 Å². The molecule has 1 atom stereocenters. The Labute approximate surface area is 209 Å². The van der Waals surface area contributed by atoms with E-state index in [0.717, 1.165) is 54.4 Å². The summed E-state index contributed by atoms with van der Waals surface area (Å²) in [6.07, 6.45) is 6.73. The van der Waals surface area contributed by atoms with Crippen molar-refractivity contribution in [3.05, 3.63) is 67.4 Å². The molecule has 36 heavy (non-hydrogen) atoms. The number of rotatable bonds is 6. The van der Waals surface area contributed by atoms with Gasteiger partial charge in [0.1, 0.15) is 0 Å². The molecule has 3 heterocycles. The van der Waals surface area contributed by atoms with Gasteiger partial charge in [-0.15, -0.1) is 0 Å². The Hall–Kier alpha value is -3.46. The molecule has 190 valence electrons.